The number of nitrogens with zero attached hydrogens (tertiary/aromatic N) is 4. The number of amides is 3. The molecule has 0 spiro atoms. The smallest absolute Gasteiger partial charge is 0.744 e. The van der Waals surface area contributed by atoms with Crippen LogP contribution in [0.15, 0.2) is 146 Å². The number of urea groups is 1. The first-order valence-electron chi connectivity index (χ1n) is 16.1. The number of hydrogen-bond acceptors (Lipinski definition) is 12. The number of carbonyl (C=O) groups is 2. The van der Waals surface area contributed by atoms with Gasteiger partial charge in [0, 0.05) is 27.7 Å². The molecule has 278 valence electrons. The Bertz CT molecular complexity index is 2760. The van der Waals surface area contributed by atoms with E-state index in [4.69, 9.17) is 0 Å². The zero-order valence-corrected chi connectivity index (χ0v) is 39.5. The Morgan fingerprint density at radius 3 is 1.72 bits per heavy atom. The summed E-state index contributed by atoms with van der Waals surface area (Å²) in [4.78, 5) is 23.8. The van der Waals surface area contributed by atoms with E-state index in [2.05, 4.69) is 42.5 Å². The van der Waals surface area contributed by atoms with Crippen molar-refractivity contribution in [3.8, 4) is 0 Å². The second-order valence-electron chi connectivity index (χ2n) is 12.0. The topological polar surface area (TPSA) is 234 Å². The Morgan fingerprint density at radius 1 is 0.552 bits per heavy atom. The van der Waals surface area contributed by atoms with Crippen molar-refractivity contribution >= 4 is 82.8 Å². The number of aryl methyl sites for hydroxylation is 2. The van der Waals surface area contributed by atoms with Gasteiger partial charge in [-0.2, -0.15) is 38.7 Å². The molecular formula is C38H28N7Na3O8S2. The molecule has 15 nitrogen and oxygen atoms in total. The van der Waals surface area contributed by atoms with Gasteiger partial charge in [0.25, 0.3) is 5.91 Å². The van der Waals surface area contributed by atoms with Crippen LogP contribution in [-0.2, 0) is 20.2 Å². The van der Waals surface area contributed by atoms with Crippen molar-refractivity contribution in [3.05, 3.63) is 138 Å². The molecular weight excluding hydrogens is 816 g/mol. The Kier molecular flexibility index (Phi) is 17.7. The van der Waals surface area contributed by atoms with Crippen LogP contribution >= 0.6 is 0 Å². The molecule has 0 aliphatic rings. The predicted octanol–water partition coefficient (Wildman–Crippen LogP) is -0.196. The van der Waals surface area contributed by atoms with Gasteiger partial charge in [-0.05, 0) is 104 Å². The number of fused-ring (bicyclic) bond motifs is 1. The summed E-state index contributed by atoms with van der Waals surface area (Å²) < 4.78 is 71.4. The van der Waals surface area contributed by atoms with E-state index in [1.807, 2.05) is 13.8 Å². The third-order valence-corrected chi connectivity index (χ3v) is 9.77. The van der Waals surface area contributed by atoms with Crippen LogP contribution < -0.4 is 105 Å². The molecule has 0 saturated heterocycles. The van der Waals surface area contributed by atoms with Gasteiger partial charge in [0.05, 0.1) is 32.5 Å². The first-order chi connectivity index (χ1) is 26.1. The zero-order valence-electron chi connectivity index (χ0n) is 31.8. The van der Waals surface area contributed by atoms with E-state index in [9.17, 15) is 35.5 Å². The maximum absolute atomic E-state index is 13.0. The number of carbonyl (C=O) groups excluding carboxylic acids is 2. The van der Waals surface area contributed by atoms with Crippen LogP contribution in [0.2, 0.25) is 0 Å². The largest absolute Gasteiger partial charge is 1.00 e. The standard InChI is InChI=1S/C38H30N7O8S2.3Na/c1-23-19-28(41-38(47)40-26-7-4-3-5-8-26)15-17-33(23)45-43-29-16-18-34(24(2)20-29)44-42-27-13-11-25(12-14-27)37(46)39-30-21-32-31(36(22-30)55(51,52)53)9-6-10-35(32)54(48,49)50;;;/h4-22H,1-2H3,(H,39,46)(H2,40,41,47)(H,48,49,50)(H,51,52,53);;;/q-1;3*+1/p-2. The molecule has 3 amide bonds. The molecule has 6 rings (SSSR count). The molecule has 0 saturated carbocycles. The van der Waals surface area contributed by atoms with Crippen LogP contribution in [0.4, 0.5) is 44.6 Å². The van der Waals surface area contributed by atoms with Gasteiger partial charge in [-0.25, -0.2) is 21.6 Å². The molecule has 0 bridgehead atoms. The third-order valence-electron chi connectivity index (χ3n) is 8.00. The summed E-state index contributed by atoms with van der Waals surface area (Å²) >= 11 is 0. The van der Waals surface area contributed by atoms with E-state index < -0.39 is 35.9 Å². The number of hydrogen-bond donors (Lipinski definition) is 3. The van der Waals surface area contributed by atoms with Gasteiger partial charge in [0.2, 0.25) is 0 Å². The van der Waals surface area contributed by atoms with Crippen molar-refractivity contribution < 1.29 is 124 Å². The van der Waals surface area contributed by atoms with Crippen molar-refractivity contribution in [1.29, 1.82) is 0 Å². The molecule has 0 aromatic heterocycles. The van der Waals surface area contributed by atoms with Crippen LogP contribution in [0.5, 0.6) is 0 Å². The van der Waals surface area contributed by atoms with Gasteiger partial charge < -0.3 is 25.1 Å². The van der Waals surface area contributed by atoms with Crippen LogP contribution in [0.1, 0.15) is 21.5 Å². The first-order valence-corrected chi connectivity index (χ1v) is 18.9. The quantitative estimate of drug-likeness (QED) is 0.0722. The molecule has 0 atom stereocenters. The summed E-state index contributed by atoms with van der Waals surface area (Å²) in [5.74, 6) is -0.715. The Balaban J connectivity index is 0.00000300. The molecule has 6 aromatic rings. The van der Waals surface area contributed by atoms with Gasteiger partial charge in [0.1, 0.15) is 20.2 Å². The number of benzene rings is 6. The fourth-order valence-electron chi connectivity index (χ4n) is 5.35. The summed E-state index contributed by atoms with van der Waals surface area (Å²) in [5.41, 5.74) is 4.85. The van der Waals surface area contributed by atoms with Gasteiger partial charge in [-0.3, -0.25) is 4.79 Å². The Hall–Kier alpha value is -3.66. The molecule has 3 N–H and O–H groups in total. The molecule has 20 heteroatoms. The summed E-state index contributed by atoms with van der Waals surface area (Å²) in [5, 5.41) is 24.6. The van der Waals surface area contributed by atoms with E-state index in [1.54, 1.807) is 60.7 Å². The molecule has 0 fully saturated rings. The van der Waals surface area contributed by atoms with Crippen molar-refractivity contribution in [3.63, 3.8) is 0 Å². The minimum atomic E-state index is -5.13. The van der Waals surface area contributed by atoms with Crippen LogP contribution in [0.3, 0.4) is 0 Å². The van der Waals surface area contributed by atoms with Crippen molar-refractivity contribution in [2.45, 2.75) is 23.6 Å². The number of nitrogens with one attached hydrogen (secondary N) is 3. The van der Waals surface area contributed by atoms with Gasteiger partial charge >= 0.3 is 94.7 Å². The third kappa shape index (κ3) is 12.7. The number of anilines is 3. The normalized spacial score (nSPS) is 11.3. The average molecular weight is 844 g/mol. The monoisotopic (exact) mass is 843 g/mol. The summed E-state index contributed by atoms with van der Waals surface area (Å²) in [6.07, 6.45) is 0. The fourth-order valence-corrected chi connectivity index (χ4v) is 6.75. The molecule has 6 aromatic carbocycles. The summed E-state index contributed by atoms with van der Waals surface area (Å²) in [6.45, 7) is 3.68. The second-order valence-corrected chi connectivity index (χ2v) is 14.7. The minimum absolute atomic E-state index is 0. The predicted molar refractivity (Wildman–Crippen MR) is 203 cm³/mol. The van der Waals surface area contributed by atoms with Gasteiger partial charge in [0.15, 0.2) is 0 Å². The van der Waals surface area contributed by atoms with Crippen molar-refractivity contribution in [2.75, 3.05) is 16.0 Å². The van der Waals surface area contributed by atoms with Crippen molar-refractivity contribution in [1.82, 2.24) is 0 Å². The molecule has 0 aliphatic carbocycles. The second kappa shape index (κ2) is 21.0. The molecule has 0 aliphatic heterocycles. The SMILES string of the molecule is Cc1cc(N=Nc2ccc(NC(=O)Nc3cc[c-]cc3)cc2C)ccc1N=Nc1ccc(C(=O)Nc2cc(S(=O)(=O)[O-])c3cccc(S(=O)(=O)[O-])c3c2)cc1.[Na+].[Na+].[Na+]. The fraction of sp³-hybridized carbons (Fsp3) is 0.0526. The zero-order chi connectivity index (χ0) is 39.3. The minimum Gasteiger partial charge on any atom is -0.744 e. The molecule has 0 heterocycles. The summed E-state index contributed by atoms with van der Waals surface area (Å²) in [6, 6.07) is 31.1. The van der Waals surface area contributed by atoms with E-state index in [-0.39, 0.29) is 117 Å². The van der Waals surface area contributed by atoms with E-state index >= 15 is 0 Å². The first kappa shape index (κ1) is 48.7. The van der Waals surface area contributed by atoms with Crippen LogP contribution in [0.25, 0.3) is 10.8 Å². The van der Waals surface area contributed by atoms with Gasteiger partial charge in [-0.15, -0.1) is 12.1 Å². The summed E-state index contributed by atoms with van der Waals surface area (Å²) in [7, 11) is -10.2. The van der Waals surface area contributed by atoms with E-state index in [1.165, 1.54) is 30.3 Å². The Labute approximate surface area is 400 Å². The number of azo groups is 2. The van der Waals surface area contributed by atoms with E-state index in [0.717, 1.165) is 35.4 Å². The maximum Gasteiger partial charge on any atom is 1.00 e. The molecule has 58 heavy (non-hydrogen) atoms. The van der Waals surface area contributed by atoms with E-state index in [0.29, 0.717) is 34.1 Å². The Morgan fingerprint density at radius 2 is 1.12 bits per heavy atom. The van der Waals surface area contributed by atoms with Crippen LogP contribution in [0, 0.1) is 19.9 Å². The molecule has 0 radical (unpaired) electrons. The van der Waals surface area contributed by atoms with Crippen molar-refractivity contribution in [2.24, 2.45) is 20.5 Å². The van der Waals surface area contributed by atoms with Gasteiger partial charge in [-0.1, -0.05) is 17.8 Å². The maximum atomic E-state index is 13.0. The van der Waals surface area contributed by atoms with Crippen LogP contribution in [-0.4, -0.2) is 37.9 Å². The average Bonchev–Trinajstić information content (AvgIpc) is 3.13. The number of rotatable bonds is 10. The molecule has 0 unspecified atom stereocenters.